The molecule has 0 radical (unpaired) electrons. The van der Waals surface area contributed by atoms with Gasteiger partial charge in [0.1, 0.15) is 5.75 Å². The maximum Gasteiger partial charge on any atom is 0.119 e. The van der Waals surface area contributed by atoms with Crippen LogP contribution in [0.4, 0.5) is 0 Å². The van der Waals surface area contributed by atoms with Gasteiger partial charge < -0.3 is 14.6 Å². The van der Waals surface area contributed by atoms with Crippen molar-refractivity contribution in [1.29, 1.82) is 0 Å². The van der Waals surface area contributed by atoms with E-state index in [1.165, 1.54) is 0 Å². The Balaban J connectivity index is 2.36. The fourth-order valence-corrected chi connectivity index (χ4v) is 1.50. The molecule has 17 heavy (non-hydrogen) atoms. The molecule has 0 saturated heterocycles. The first-order valence-electron chi connectivity index (χ1n) is 5.98. The third-order valence-electron chi connectivity index (χ3n) is 2.57. The maximum atomic E-state index is 9.80. The molecule has 0 atom stereocenters. The van der Waals surface area contributed by atoms with Gasteiger partial charge in [0.15, 0.2) is 0 Å². The van der Waals surface area contributed by atoms with E-state index in [4.69, 9.17) is 9.47 Å². The van der Waals surface area contributed by atoms with Crippen LogP contribution in [0.3, 0.4) is 0 Å². The van der Waals surface area contributed by atoms with Crippen LogP contribution in [0.15, 0.2) is 24.3 Å². The highest BCUT2D eigenvalue weighted by Crippen LogP contribution is 2.22. The van der Waals surface area contributed by atoms with Gasteiger partial charge in [-0.25, -0.2) is 0 Å². The van der Waals surface area contributed by atoms with E-state index >= 15 is 0 Å². The molecule has 96 valence electrons. The fraction of sp³-hybridized carbons (Fsp3) is 0.571. The largest absolute Gasteiger partial charge is 0.494 e. The van der Waals surface area contributed by atoms with Crippen molar-refractivity contribution in [3.63, 3.8) is 0 Å². The maximum absolute atomic E-state index is 9.80. The van der Waals surface area contributed by atoms with E-state index < -0.39 is 5.60 Å². The molecule has 1 aromatic carbocycles. The molecule has 3 heteroatoms. The second-order valence-electron chi connectivity index (χ2n) is 4.63. The minimum absolute atomic E-state index is 0.700. The average molecular weight is 238 g/mol. The van der Waals surface area contributed by atoms with Gasteiger partial charge in [-0.2, -0.15) is 0 Å². The van der Waals surface area contributed by atoms with Crippen LogP contribution in [-0.2, 0) is 10.3 Å². The minimum atomic E-state index is -0.795. The van der Waals surface area contributed by atoms with Gasteiger partial charge in [0.2, 0.25) is 0 Å². The number of aliphatic hydroxyl groups is 1. The van der Waals surface area contributed by atoms with Gasteiger partial charge in [0.25, 0.3) is 0 Å². The third-order valence-corrected chi connectivity index (χ3v) is 2.57. The standard InChI is InChI=1S/C14H22O3/c1-14(2,15)12-6-8-13(9-7-12)17-11-5-4-10-16-3/h6-9,15H,4-5,10-11H2,1-3H3. The van der Waals surface area contributed by atoms with E-state index in [-0.39, 0.29) is 0 Å². The zero-order valence-electron chi connectivity index (χ0n) is 10.9. The van der Waals surface area contributed by atoms with Crippen molar-refractivity contribution in [3.05, 3.63) is 29.8 Å². The number of rotatable bonds is 7. The summed E-state index contributed by atoms with van der Waals surface area (Å²) >= 11 is 0. The Labute approximate surface area is 103 Å². The van der Waals surface area contributed by atoms with Crippen molar-refractivity contribution in [2.24, 2.45) is 0 Å². The van der Waals surface area contributed by atoms with Crippen LogP contribution in [0.25, 0.3) is 0 Å². The van der Waals surface area contributed by atoms with Gasteiger partial charge in [0.05, 0.1) is 12.2 Å². The summed E-state index contributed by atoms with van der Waals surface area (Å²) < 4.78 is 10.5. The van der Waals surface area contributed by atoms with Crippen molar-refractivity contribution < 1.29 is 14.6 Å². The van der Waals surface area contributed by atoms with Crippen molar-refractivity contribution >= 4 is 0 Å². The molecule has 3 nitrogen and oxygen atoms in total. The molecule has 0 aliphatic heterocycles. The van der Waals surface area contributed by atoms with Crippen LogP contribution < -0.4 is 4.74 Å². The van der Waals surface area contributed by atoms with Crippen LogP contribution in [0.5, 0.6) is 5.75 Å². The van der Waals surface area contributed by atoms with Gasteiger partial charge in [0, 0.05) is 13.7 Å². The Hall–Kier alpha value is -1.06. The minimum Gasteiger partial charge on any atom is -0.494 e. The average Bonchev–Trinajstić information content (AvgIpc) is 2.28. The lowest BCUT2D eigenvalue weighted by Crippen LogP contribution is -2.15. The molecular formula is C14H22O3. The number of benzene rings is 1. The fourth-order valence-electron chi connectivity index (χ4n) is 1.50. The Morgan fingerprint density at radius 3 is 2.18 bits per heavy atom. The zero-order valence-corrected chi connectivity index (χ0v) is 10.9. The number of hydrogen-bond donors (Lipinski definition) is 1. The predicted molar refractivity (Wildman–Crippen MR) is 68.3 cm³/mol. The normalized spacial score (nSPS) is 11.5. The summed E-state index contributed by atoms with van der Waals surface area (Å²) in [5, 5.41) is 9.80. The van der Waals surface area contributed by atoms with Gasteiger partial charge in [-0.1, -0.05) is 12.1 Å². The summed E-state index contributed by atoms with van der Waals surface area (Å²) in [7, 11) is 1.70. The number of unbranched alkanes of at least 4 members (excludes halogenated alkanes) is 1. The van der Waals surface area contributed by atoms with E-state index in [0.29, 0.717) is 6.61 Å². The lowest BCUT2D eigenvalue weighted by atomic mass is 9.99. The molecule has 0 fully saturated rings. The Morgan fingerprint density at radius 1 is 1.06 bits per heavy atom. The van der Waals surface area contributed by atoms with Gasteiger partial charge in [-0.3, -0.25) is 0 Å². The number of ether oxygens (including phenoxy) is 2. The van der Waals surface area contributed by atoms with Crippen molar-refractivity contribution in [3.8, 4) is 5.75 Å². The van der Waals surface area contributed by atoms with Crippen LogP contribution in [-0.4, -0.2) is 25.4 Å². The molecule has 0 saturated carbocycles. The van der Waals surface area contributed by atoms with E-state index in [1.807, 2.05) is 24.3 Å². The molecule has 0 aliphatic carbocycles. The van der Waals surface area contributed by atoms with E-state index in [1.54, 1.807) is 21.0 Å². The first-order valence-corrected chi connectivity index (χ1v) is 5.98. The lowest BCUT2D eigenvalue weighted by molar-refractivity contribution is 0.0785. The Morgan fingerprint density at radius 2 is 1.65 bits per heavy atom. The third kappa shape index (κ3) is 5.20. The molecule has 1 N–H and O–H groups in total. The highest BCUT2D eigenvalue weighted by atomic mass is 16.5. The molecule has 0 unspecified atom stereocenters. The molecular weight excluding hydrogens is 216 g/mol. The molecule has 0 spiro atoms. The summed E-state index contributed by atoms with van der Waals surface area (Å²) in [5.41, 5.74) is 0.0982. The van der Waals surface area contributed by atoms with Crippen LogP contribution in [0, 0.1) is 0 Å². The molecule has 1 aromatic rings. The topological polar surface area (TPSA) is 38.7 Å². The summed E-state index contributed by atoms with van der Waals surface area (Å²) in [6, 6.07) is 7.57. The highest BCUT2D eigenvalue weighted by molar-refractivity contribution is 5.30. The summed E-state index contributed by atoms with van der Waals surface area (Å²) in [6.45, 7) is 5.02. The van der Waals surface area contributed by atoms with E-state index in [0.717, 1.165) is 30.8 Å². The van der Waals surface area contributed by atoms with Crippen LogP contribution in [0.2, 0.25) is 0 Å². The van der Waals surface area contributed by atoms with Gasteiger partial charge in [-0.15, -0.1) is 0 Å². The predicted octanol–water partition coefficient (Wildman–Crippen LogP) is 2.72. The number of methoxy groups -OCH3 is 1. The Kier molecular flexibility index (Phi) is 5.45. The van der Waals surface area contributed by atoms with Gasteiger partial charge in [-0.05, 0) is 44.4 Å². The molecule has 0 aromatic heterocycles. The van der Waals surface area contributed by atoms with Crippen LogP contribution >= 0.6 is 0 Å². The Bertz CT molecular complexity index is 311. The van der Waals surface area contributed by atoms with Crippen molar-refractivity contribution in [2.45, 2.75) is 32.3 Å². The lowest BCUT2D eigenvalue weighted by Gasteiger charge is -2.17. The van der Waals surface area contributed by atoms with Gasteiger partial charge >= 0.3 is 0 Å². The van der Waals surface area contributed by atoms with E-state index in [2.05, 4.69) is 0 Å². The van der Waals surface area contributed by atoms with Crippen LogP contribution in [0.1, 0.15) is 32.3 Å². The molecule has 1 rings (SSSR count). The zero-order chi connectivity index (χ0) is 12.7. The summed E-state index contributed by atoms with van der Waals surface area (Å²) in [5.74, 6) is 0.843. The summed E-state index contributed by atoms with van der Waals surface area (Å²) in [6.07, 6.45) is 2.00. The highest BCUT2D eigenvalue weighted by Gasteiger charge is 2.15. The van der Waals surface area contributed by atoms with E-state index in [9.17, 15) is 5.11 Å². The monoisotopic (exact) mass is 238 g/mol. The molecule has 0 aliphatic rings. The SMILES string of the molecule is COCCCCOc1ccc(C(C)(C)O)cc1. The van der Waals surface area contributed by atoms with Crippen molar-refractivity contribution in [2.75, 3.05) is 20.3 Å². The molecule has 0 amide bonds. The first-order chi connectivity index (χ1) is 8.04. The summed E-state index contributed by atoms with van der Waals surface area (Å²) in [4.78, 5) is 0. The molecule has 0 heterocycles. The number of hydrogen-bond acceptors (Lipinski definition) is 3. The van der Waals surface area contributed by atoms with Crippen molar-refractivity contribution in [1.82, 2.24) is 0 Å². The molecule has 0 bridgehead atoms. The second-order valence-corrected chi connectivity index (χ2v) is 4.63. The smallest absolute Gasteiger partial charge is 0.119 e. The quantitative estimate of drug-likeness (QED) is 0.742. The second kappa shape index (κ2) is 6.62. The first kappa shape index (κ1) is 14.0.